The second-order valence-corrected chi connectivity index (χ2v) is 5.33. The van der Waals surface area contributed by atoms with Crippen LogP contribution in [-0.2, 0) is 9.53 Å². The molecule has 0 radical (unpaired) electrons. The summed E-state index contributed by atoms with van der Waals surface area (Å²) in [6, 6.07) is 8.03. The Morgan fingerprint density at radius 2 is 1.80 bits per heavy atom. The maximum Gasteiger partial charge on any atom is 0.408 e. The Morgan fingerprint density at radius 1 is 1.15 bits per heavy atom. The summed E-state index contributed by atoms with van der Waals surface area (Å²) in [6.45, 7) is 0. The number of amides is 1. The van der Waals surface area contributed by atoms with Gasteiger partial charge in [0.25, 0.3) is 0 Å². The molecule has 0 aromatic heterocycles. The molecule has 2 rings (SSSR count). The van der Waals surface area contributed by atoms with Crippen molar-refractivity contribution in [3.05, 3.63) is 35.9 Å². The Balaban J connectivity index is 1.94. The zero-order chi connectivity index (χ0) is 14.4. The van der Waals surface area contributed by atoms with Gasteiger partial charge in [-0.15, -0.1) is 0 Å². The van der Waals surface area contributed by atoms with Crippen LogP contribution in [0.5, 0.6) is 0 Å². The molecule has 1 aromatic carbocycles. The van der Waals surface area contributed by atoms with Crippen LogP contribution in [0.4, 0.5) is 4.79 Å². The van der Waals surface area contributed by atoms with Gasteiger partial charge in [0.05, 0.1) is 0 Å². The molecule has 1 fully saturated rings. The lowest BCUT2D eigenvalue weighted by Gasteiger charge is -2.23. The van der Waals surface area contributed by atoms with E-state index in [0.29, 0.717) is 5.56 Å². The van der Waals surface area contributed by atoms with Crippen molar-refractivity contribution >= 4 is 22.9 Å². The normalized spacial score (nSPS) is 17.2. The fourth-order valence-electron chi connectivity index (χ4n) is 2.40. The van der Waals surface area contributed by atoms with Gasteiger partial charge >= 0.3 is 6.09 Å². The molecule has 0 bridgehead atoms. The average Bonchev–Trinajstić information content (AvgIpc) is 2.46. The van der Waals surface area contributed by atoms with E-state index < -0.39 is 17.4 Å². The van der Waals surface area contributed by atoms with Gasteiger partial charge in [0.15, 0.2) is 0 Å². The number of carbonyl (C=O) groups excluding carboxylic acids is 2. The monoisotopic (exact) mass is 295 g/mol. The third-order valence-corrected chi connectivity index (χ3v) is 3.67. The largest absolute Gasteiger partial charge is 0.446 e. The number of ether oxygens (including phenoxy) is 1. The Morgan fingerprint density at radius 3 is 2.40 bits per heavy atom. The lowest BCUT2D eigenvalue weighted by molar-refractivity contribution is -0.113. The molecule has 1 unspecified atom stereocenters. The SMILES string of the molecule is O=C(NC(C(=O)Cl)c1ccccc1)OC1CCCCC1. The standard InChI is InChI=1S/C15H18ClNO3/c16-14(18)13(11-7-3-1-4-8-11)17-15(19)20-12-9-5-2-6-10-12/h1,3-4,7-8,12-13H,2,5-6,9-10H2,(H,17,19). The predicted molar refractivity (Wildman–Crippen MR) is 76.5 cm³/mol. The highest BCUT2D eigenvalue weighted by molar-refractivity contribution is 6.64. The average molecular weight is 296 g/mol. The molecule has 1 aliphatic rings. The summed E-state index contributed by atoms with van der Waals surface area (Å²) in [5.41, 5.74) is 0.646. The Kier molecular flexibility index (Phi) is 5.41. The predicted octanol–water partition coefficient (Wildman–Crippen LogP) is 3.55. The number of rotatable bonds is 4. The maximum absolute atomic E-state index is 11.9. The summed E-state index contributed by atoms with van der Waals surface area (Å²) in [4.78, 5) is 23.3. The van der Waals surface area contributed by atoms with Gasteiger partial charge in [-0.05, 0) is 42.8 Å². The summed E-state index contributed by atoms with van der Waals surface area (Å²) in [7, 11) is 0. The van der Waals surface area contributed by atoms with Gasteiger partial charge < -0.3 is 10.1 Å². The van der Waals surface area contributed by atoms with Gasteiger partial charge in [-0.25, -0.2) is 4.79 Å². The molecule has 5 heteroatoms. The molecule has 1 saturated carbocycles. The van der Waals surface area contributed by atoms with E-state index in [-0.39, 0.29) is 6.10 Å². The molecule has 0 spiro atoms. The Bertz CT molecular complexity index is 457. The number of halogens is 1. The number of alkyl carbamates (subject to hydrolysis) is 1. The van der Waals surface area contributed by atoms with E-state index in [9.17, 15) is 9.59 Å². The number of hydrogen-bond acceptors (Lipinski definition) is 3. The topological polar surface area (TPSA) is 55.4 Å². The van der Waals surface area contributed by atoms with Crippen molar-refractivity contribution < 1.29 is 14.3 Å². The van der Waals surface area contributed by atoms with Gasteiger partial charge in [-0.1, -0.05) is 36.8 Å². The molecular formula is C15H18ClNO3. The smallest absolute Gasteiger partial charge is 0.408 e. The third-order valence-electron chi connectivity index (χ3n) is 3.45. The quantitative estimate of drug-likeness (QED) is 0.864. The molecule has 4 nitrogen and oxygen atoms in total. The molecule has 1 aromatic rings. The summed E-state index contributed by atoms with van der Waals surface area (Å²) < 4.78 is 5.33. The van der Waals surface area contributed by atoms with Crippen LogP contribution in [0.25, 0.3) is 0 Å². The zero-order valence-corrected chi connectivity index (χ0v) is 11.9. The van der Waals surface area contributed by atoms with E-state index >= 15 is 0 Å². The van der Waals surface area contributed by atoms with Gasteiger partial charge in [0.1, 0.15) is 12.1 Å². The second kappa shape index (κ2) is 7.29. The molecule has 0 heterocycles. The minimum absolute atomic E-state index is 0.0504. The van der Waals surface area contributed by atoms with Crippen molar-refractivity contribution in [2.24, 2.45) is 0 Å². The molecule has 1 N–H and O–H groups in total. The molecule has 20 heavy (non-hydrogen) atoms. The highest BCUT2D eigenvalue weighted by atomic mass is 35.5. The highest BCUT2D eigenvalue weighted by Gasteiger charge is 2.24. The summed E-state index contributed by atoms with van der Waals surface area (Å²) >= 11 is 5.56. The van der Waals surface area contributed by atoms with E-state index in [1.54, 1.807) is 24.3 Å². The Labute approximate surface area is 123 Å². The van der Waals surface area contributed by atoms with Gasteiger partial charge in [-0.3, -0.25) is 4.79 Å². The van der Waals surface area contributed by atoms with Crippen molar-refractivity contribution in [3.8, 4) is 0 Å². The molecule has 1 atom stereocenters. The molecule has 1 amide bonds. The number of benzene rings is 1. The first-order valence-corrected chi connectivity index (χ1v) is 7.26. The zero-order valence-electron chi connectivity index (χ0n) is 11.2. The van der Waals surface area contributed by atoms with Crippen LogP contribution in [0.2, 0.25) is 0 Å². The van der Waals surface area contributed by atoms with Crippen LogP contribution in [0.15, 0.2) is 30.3 Å². The van der Waals surface area contributed by atoms with Gasteiger partial charge in [0, 0.05) is 0 Å². The van der Waals surface area contributed by atoms with E-state index in [0.717, 1.165) is 25.7 Å². The van der Waals surface area contributed by atoms with Crippen LogP contribution in [-0.4, -0.2) is 17.4 Å². The van der Waals surface area contributed by atoms with Crippen LogP contribution in [0.1, 0.15) is 43.7 Å². The van der Waals surface area contributed by atoms with Crippen LogP contribution in [0.3, 0.4) is 0 Å². The van der Waals surface area contributed by atoms with Crippen molar-refractivity contribution in [1.29, 1.82) is 0 Å². The van der Waals surface area contributed by atoms with Crippen molar-refractivity contribution in [2.75, 3.05) is 0 Å². The van der Waals surface area contributed by atoms with Crippen LogP contribution in [0, 0.1) is 0 Å². The van der Waals surface area contributed by atoms with Crippen molar-refractivity contribution in [1.82, 2.24) is 5.32 Å². The summed E-state index contributed by atoms with van der Waals surface area (Å²) in [5, 5.41) is 1.91. The summed E-state index contributed by atoms with van der Waals surface area (Å²) in [6.07, 6.45) is 4.48. The molecule has 0 aliphatic heterocycles. The van der Waals surface area contributed by atoms with E-state index in [2.05, 4.69) is 5.32 Å². The molecule has 1 aliphatic carbocycles. The highest BCUT2D eigenvalue weighted by Crippen LogP contribution is 2.21. The number of hydrogen-bond donors (Lipinski definition) is 1. The lowest BCUT2D eigenvalue weighted by Crippen LogP contribution is -2.35. The minimum atomic E-state index is -0.867. The molecule has 0 saturated heterocycles. The third kappa shape index (κ3) is 4.23. The van der Waals surface area contributed by atoms with E-state index in [1.807, 2.05) is 6.07 Å². The van der Waals surface area contributed by atoms with Crippen molar-refractivity contribution in [3.63, 3.8) is 0 Å². The first-order chi connectivity index (χ1) is 9.66. The molecule has 108 valence electrons. The van der Waals surface area contributed by atoms with Gasteiger partial charge in [0.2, 0.25) is 5.24 Å². The summed E-state index contributed by atoms with van der Waals surface area (Å²) in [5.74, 6) is 0. The van der Waals surface area contributed by atoms with Crippen molar-refractivity contribution in [2.45, 2.75) is 44.2 Å². The Hall–Kier alpha value is -1.55. The van der Waals surface area contributed by atoms with E-state index in [1.165, 1.54) is 6.42 Å². The van der Waals surface area contributed by atoms with Crippen LogP contribution >= 0.6 is 11.6 Å². The second-order valence-electron chi connectivity index (χ2n) is 4.96. The first-order valence-electron chi connectivity index (χ1n) is 6.88. The maximum atomic E-state index is 11.9. The fourth-order valence-corrected chi connectivity index (χ4v) is 2.58. The lowest BCUT2D eigenvalue weighted by atomic mass is 9.98. The fraction of sp³-hybridized carbons (Fsp3) is 0.467. The number of nitrogens with one attached hydrogen (secondary N) is 1. The first kappa shape index (κ1) is 14.9. The minimum Gasteiger partial charge on any atom is -0.446 e. The molecular weight excluding hydrogens is 278 g/mol. The number of carbonyl (C=O) groups is 2. The van der Waals surface area contributed by atoms with Gasteiger partial charge in [-0.2, -0.15) is 0 Å². The van der Waals surface area contributed by atoms with Crippen LogP contribution < -0.4 is 5.32 Å². The van der Waals surface area contributed by atoms with E-state index in [4.69, 9.17) is 16.3 Å².